The van der Waals surface area contributed by atoms with Crippen LogP contribution in [0.5, 0.6) is 0 Å². The molecule has 182 valence electrons. The third-order valence-electron chi connectivity index (χ3n) is 5.58. The van der Waals surface area contributed by atoms with Crippen LogP contribution in [0.25, 0.3) is 17.0 Å². The Bertz CT molecular complexity index is 1390. The second-order valence-electron chi connectivity index (χ2n) is 8.42. The Morgan fingerprint density at radius 2 is 1.77 bits per heavy atom. The Morgan fingerprint density at radius 1 is 1.09 bits per heavy atom. The van der Waals surface area contributed by atoms with Crippen molar-refractivity contribution in [1.82, 2.24) is 24.5 Å². The Labute approximate surface area is 199 Å². The summed E-state index contributed by atoms with van der Waals surface area (Å²) >= 11 is 0. The highest BCUT2D eigenvalue weighted by Crippen LogP contribution is 2.30. The van der Waals surface area contributed by atoms with Gasteiger partial charge >= 0.3 is 11.9 Å². The van der Waals surface area contributed by atoms with Crippen molar-refractivity contribution in [2.45, 2.75) is 45.5 Å². The summed E-state index contributed by atoms with van der Waals surface area (Å²) in [6.07, 6.45) is -2.93. The summed E-state index contributed by atoms with van der Waals surface area (Å²) in [5.41, 5.74) is 0.878. The molecule has 0 saturated carbocycles. The first-order chi connectivity index (χ1) is 16.6. The van der Waals surface area contributed by atoms with E-state index in [1.54, 1.807) is 13.0 Å². The monoisotopic (exact) mass is 483 g/mol. The number of alkyl halides is 3. The van der Waals surface area contributed by atoms with E-state index in [4.69, 9.17) is 0 Å². The van der Waals surface area contributed by atoms with Gasteiger partial charge < -0.3 is 5.32 Å². The van der Waals surface area contributed by atoms with Crippen molar-refractivity contribution in [3.63, 3.8) is 0 Å². The van der Waals surface area contributed by atoms with Crippen LogP contribution in [-0.2, 0) is 23.9 Å². The first-order valence-electron chi connectivity index (χ1n) is 11.1. The molecule has 0 saturated heterocycles. The average Bonchev–Trinajstić information content (AvgIpc) is 3.11. The molecule has 4 aromatic rings. The molecule has 35 heavy (non-hydrogen) atoms. The minimum absolute atomic E-state index is 0.109. The molecule has 0 aliphatic carbocycles. The van der Waals surface area contributed by atoms with Crippen LogP contribution < -0.4 is 11.0 Å². The number of carbonyl (C=O) groups excluding carboxylic acids is 1. The number of benzene rings is 2. The summed E-state index contributed by atoms with van der Waals surface area (Å²) in [6.45, 7) is 3.29. The van der Waals surface area contributed by atoms with Crippen molar-refractivity contribution in [2.24, 2.45) is 0 Å². The summed E-state index contributed by atoms with van der Waals surface area (Å²) < 4.78 is 41.0. The third kappa shape index (κ3) is 5.59. The van der Waals surface area contributed by atoms with Crippen LogP contribution in [0.15, 0.2) is 65.5 Å². The minimum atomic E-state index is -4.47. The lowest BCUT2D eigenvalue weighted by Crippen LogP contribution is -2.38. The van der Waals surface area contributed by atoms with Crippen molar-refractivity contribution < 1.29 is 18.0 Å². The molecule has 1 N–H and O–H groups in total. The van der Waals surface area contributed by atoms with Gasteiger partial charge in [-0.1, -0.05) is 42.5 Å². The first-order valence-corrected chi connectivity index (χ1v) is 11.1. The maximum absolute atomic E-state index is 13.1. The molecule has 0 aliphatic rings. The van der Waals surface area contributed by atoms with Gasteiger partial charge in [-0.25, -0.2) is 18.9 Å². The van der Waals surface area contributed by atoms with Crippen LogP contribution in [0, 0.1) is 6.92 Å². The summed E-state index contributed by atoms with van der Waals surface area (Å²) in [4.78, 5) is 30.0. The first kappa shape index (κ1) is 24.2. The normalized spacial score (nSPS) is 12.6. The molecule has 1 unspecified atom stereocenters. The van der Waals surface area contributed by atoms with E-state index >= 15 is 0 Å². The molecular formula is C25H24F3N5O2. The smallest absolute Gasteiger partial charge is 0.352 e. The molecule has 0 fully saturated rings. The Kier molecular flexibility index (Phi) is 6.72. The maximum Gasteiger partial charge on any atom is 0.416 e. The summed E-state index contributed by atoms with van der Waals surface area (Å²) in [5, 5.41) is 7.12. The summed E-state index contributed by atoms with van der Waals surface area (Å²) in [7, 11) is 0. The maximum atomic E-state index is 13.1. The van der Waals surface area contributed by atoms with Crippen LogP contribution >= 0.6 is 0 Å². The quantitative estimate of drug-likeness (QED) is 0.431. The molecule has 0 spiro atoms. The lowest BCUT2D eigenvalue weighted by atomic mass is 10.1. The SMILES string of the molecule is Cc1cc2nn(CC(=O)NC(C)CCc3ccccc3)c(=O)n2c(-c2ccc(C(F)(F)F)cc2)n1. The van der Waals surface area contributed by atoms with Gasteiger partial charge in [-0.05, 0) is 44.4 Å². The molecular weight excluding hydrogens is 459 g/mol. The van der Waals surface area contributed by atoms with Gasteiger partial charge in [0.05, 0.1) is 5.56 Å². The Hall–Kier alpha value is -3.95. The molecule has 2 aromatic heterocycles. The number of rotatable bonds is 7. The van der Waals surface area contributed by atoms with Gasteiger partial charge in [0.25, 0.3) is 0 Å². The zero-order valence-electron chi connectivity index (χ0n) is 19.2. The van der Waals surface area contributed by atoms with Gasteiger partial charge in [-0.2, -0.15) is 13.2 Å². The van der Waals surface area contributed by atoms with Gasteiger partial charge in [0, 0.05) is 23.4 Å². The van der Waals surface area contributed by atoms with Crippen LogP contribution in [0.1, 0.15) is 30.2 Å². The summed E-state index contributed by atoms with van der Waals surface area (Å²) in [5.74, 6) is -0.210. The van der Waals surface area contributed by atoms with Crippen LogP contribution in [-0.4, -0.2) is 31.1 Å². The second kappa shape index (κ2) is 9.73. The predicted octanol–water partition coefficient (Wildman–Crippen LogP) is 4.02. The average molecular weight is 483 g/mol. The molecule has 7 nitrogen and oxygen atoms in total. The van der Waals surface area contributed by atoms with Crippen LogP contribution in [0.2, 0.25) is 0 Å². The molecule has 0 bridgehead atoms. The fraction of sp³-hybridized carbons (Fsp3) is 0.280. The number of aryl methyl sites for hydroxylation is 2. The van der Waals surface area contributed by atoms with E-state index in [0.717, 1.165) is 29.7 Å². The topological polar surface area (TPSA) is 81.3 Å². The number of fused-ring (bicyclic) bond motifs is 1. The summed E-state index contributed by atoms with van der Waals surface area (Å²) in [6, 6.07) is 15.8. The van der Waals surface area contributed by atoms with E-state index in [9.17, 15) is 22.8 Å². The molecule has 2 aromatic carbocycles. The fourth-order valence-corrected chi connectivity index (χ4v) is 3.81. The number of nitrogens with one attached hydrogen (secondary N) is 1. The number of hydrogen-bond acceptors (Lipinski definition) is 4. The second-order valence-corrected chi connectivity index (χ2v) is 8.42. The lowest BCUT2D eigenvalue weighted by Gasteiger charge is -2.13. The van der Waals surface area contributed by atoms with E-state index < -0.39 is 17.4 Å². The molecule has 1 atom stereocenters. The Balaban J connectivity index is 1.53. The standard InChI is InChI=1S/C25H24F3N5O2/c1-16(8-9-18-6-4-3-5-7-18)29-22(34)15-32-24(35)33-21(31-32)14-17(2)30-23(33)19-10-12-20(13-11-19)25(26,27)28/h3-7,10-14,16H,8-9,15H2,1-2H3,(H,29,34). The molecule has 0 aliphatic heterocycles. The predicted molar refractivity (Wildman–Crippen MR) is 125 cm³/mol. The molecule has 0 radical (unpaired) electrons. The van der Waals surface area contributed by atoms with Crippen molar-refractivity contribution in [3.05, 3.63) is 88.0 Å². The van der Waals surface area contributed by atoms with Gasteiger partial charge in [0.2, 0.25) is 5.91 Å². The largest absolute Gasteiger partial charge is 0.416 e. The van der Waals surface area contributed by atoms with Crippen molar-refractivity contribution >= 4 is 11.6 Å². The van der Waals surface area contributed by atoms with Gasteiger partial charge in [-0.3, -0.25) is 4.79 Å². The number of aromatic nitrogens is 4. The number of halogens is 3. The van der Waals surface area contributed by atoms with Crippen molar-refractivity contribution in [1.29, 1.82) is 0 Å². The highest BCUT2D eigenvalue weighted by molar-refractivity contribution is 5.76. The van der Waals surface area contributed by atoms with Gasteiger partial charge in [0.1, 0.15) is 12.4 Å². The minimum Gasteiger partial charge on any atom is -0.352 e. The van der Waals surface area contributed by atoms with Crippen molar-refractivity contribution in [2.75, 3.05) is 0 Å². The van der Waals surface area contributed by atoms with E-state index in [2.05, 4.69) is 15.4 Å². The highest BCUT2D eigenvalue weighted by Gasteiger charge is 2.30. The molecule has 10 heteroatoms. The van der Waals surface area contributed by atoms with Gasteiger partial charge in [-0.15, -0.1) is 5.10 Å². The Morgan fingerprint density at radius 3 is 2.43 bits per heavy atom. The highest BCUT2D eigenvalue weighted by atomic mass is 19.4. The van der Waals surface area contributed by atoms with E-state index in [-0.39, 0.29) is 30.0 Å². The van der Waals surface area contributed by atoms with Crippen LogP contribution in [0.3, 0.4) is 0 Å². The number of carbonyl (C=O) groups is 1. The van der Waals surface area contributed by atoms with Crippen LogP contribution in [0.4, 0.5) is 13.2 Å². The van der Waals surface area contributed by atoms with E-state index in [1.807, 2.05) is 37.3 Å². The zero-order chi connectivity index (χ0) is 25.2. The third-order valence-corrected chi connectivity index (χ3v) is 5.58. The van der Waals surface area contributed by atoms with Crippen molar-refractivity contribution in [3.8, 4) is 11.4 Å². The van der Waals surface area contributed by atoms with E-state index in [0.29, 0.717) is 11.3 Å². The molecule has 2 heterocycles. The fourth-order valence-electron chi connectivity index (χ4n) is 3.81. The van der Waals surface area contributed by atoms with E-state index in [1.165, 1.54) is 22.1 Å². The lowest BCUT2D eigenvalue weighted by molar-refractivity contribution is -0.137. The number of hydrogen-bond donors (Lipinski definition) is 1. The number of nitrogens with zero attached hydrogens (tertiary/aromatic N) is 4. The molecule has 1 amide bonds. The zero-order valence-corrected chi connectivity index (χ0v) is 19.2. The molecule has 4 rings (SSSR count). The van der Waals surface area contributed by atoms with Gasteiger partial charge in [0.15, 0.2) is 5.65 Å². The number of amides is 1.